The first-order valence-corrected chi connectivity index (χ1v) is 9.01. The number of anilines is 1. The van der Waals surface area contributed by atoms with Crippen LogP contribution in [-0.4, -0.2) is 33.2 Å². The lowest BCUT2D eigenvalue weighted by molar-refractivity contribution is -0.910. The second-order valence-electron chi connectivity index (χ2n) is 6.63. The number of rotatable bonds is 6. The van der Waals surface area contributed by atoms with Crippen LogP contribution in [0.4, 0.5) is 5.69 Å². The fraction of sp³-hybridized carbons (Fsp3) is 0.333. The van der Waals surface area contributed by atoms with Crippen molar-refractivity contribution in [3.05, 3.63) is 53.6 Å². The SMILES string of the molecule is COc1ccc([C@@H]2CCC[NH+]2CC(=O)Nc2cccc(C#N)c2)c(OC)c1. The zero-order valence-corrected chi connectivity index (χ0v) is 15.6. The molecular formula is C21H24N3O3+. The van der Waals surface area contributed by atoms with Crippen LogP contribution in [-0.2, 0) is 4.79 Å². The van der Waals surface area contributed by atoms with E-state index in [0.717, 1.165) is 36.4 Å². The number of carbonyl (C=O) groups excluding carboxylic acids is 1. The van der Waals surface area contributed by atoms with Gasteiger partial charge in [0.05, 0.1) is 38.0 Å². The molecule has 2 atom stereocenters. The summed E-state index contributed by atoms with van der Waals surface area (Å²) in [5.74, 6) is 1.49. The minimum atomic E-state index is -0.0560. The molecule has 2 aromatic rings. The molecule has 3 rings (SSSR count). The first-order chi connectivity index (χ1) is 13.1. The van der Waals surface area contributed by atoms with Gasteiger partial charge in [0.1, 0.15) is 17.5 Å². The third-order valence-electron chi connectivity index (χ3n) is 4.96. The summed E-state index contributed by atoms with van der Waals surface area (Å²) in [7, 11) is 3.29. The van der Waals surface area contributed by atoms with Gasteiger partial charge in [0.25, 0.3) is 5.91 Å². The summed E-state index contributed by atoms with van der Waals surface area (Å²) >= 11 is 0. The third-order valence-corrected chi connectivity index (χ3v) is 4.96. The molecule has 6 heteroatoms. The van der Waals surface area contributed by atoms with E-state index in [0.29, 0.717) is 17.8 Å². The average molecular weight is 366 g/mol. The molecular weight excluding hydrogens is 342 g/mol. The number of hydrogen-bond donors (Lipinski definition) is 2. The number of nitrogens with one attached hydrogen (secondary N) is 2. The molecule has 1 saturated heterocycles. The molecule has 1 aliphatic heterocycles. The van der Waals surface area contributed by atoms with Gasteiger partial charge in [-0.2, -0.15) is 5.26 Å². The topological polar surface area (TPSA) is 75.8 Å². The van der Waals surface area contributed by atoms with Gasteiger partial charge in [-0.3, -0.25) is 4.79 Å². The predicted molar refractivity (Wildman–Crippen MR) is 102 cm³/mol. The van der Waals surface area contributed by atoms with Gasteiger partial charge in [-0.05, 0) is 30.3 Å². The van der Waals surface area contributed by atoms with Crippen molar-refractivity contribution in [3.8, 4) is 17.6 Å². The predicted octanol–water partition coefficient (Wildman–Crippen LogP) is 1.93. The highest BCUT2D eigenvalue weighted by Crippen LogP contribution is 2.31. The number of carbonyl (C=O) groups is 1. The van der Waals surface area contributed by atoms with E-state index in [-0.39, 0.29) is 11.9 Å². The summed E-state index contributed by atoms with van der Waals surface area (Å²) in [6.07, 6.45) is 2.07. The van der Waals surface area contributed by atoms with Gasteiger partial charge in [-0.15, -0.1) is 0 Å². The Bertz CT molecular complexity index is 860. The van der Waals surface area contributed by atoms with Crippen LogP contribution in [0.25, 0.3) is 0 Å². The molecule has 2 aromatic carbocycles. The van der Waals surface area contributed by atoms with Crippen LogP contribution in [0.15, 0.2) is 42.5 Å². The Kier molecular flexibility index (Phi) is 5.94. The standard InChI is InChI=1S/C21H23N3O3/c1-26-17-8-9-18(20(12-17)27-2)19-7-4-10-24(19)14-21(25)23-16-6-3-5-15(11-16)13-22/h3,5-6,8-9,11-12,19H,4,7,10,14H2,1-2H3,(H,23,25)/p+1/t19-/m0/s1. The van der Waals surface area contributed by atoms with Crippen molar-refractivity contribution in [1.29, 1.82) is 5.26 Å². The molecule has 0 bridgehead atoms. The largest absolute Gasteiger partial charge is 0.497 e. The van der Waals surface area contributed by atoms with E-state index in [4.69, 9.17) is 14.7 Å². The van der Waals surface area contributed by atoms with E-state index in [9.17, 15) is 4.79 Å². The Balaban J connectivity index is 1.71. The van der Waals surface area contributed by atoms with E-state index in [2.05, 4.69) is 11.4 Å². The summed E-state index contributed by atoms with van der Waals surface area (Å²) in [6, 6.07) is 15.1. The number of benzene rings is 2. The second-order valence-corrected chi connectivity index (χ2v) is 6.63. The van der Waals surface area contributed by atoms with E-state index < -0.39 is 0 Å². The molecule has 1 amide bonds. The van der Waals surface area contributed by atoms with Crippen LogP contribution < -0.4 is 19.7 Å². The van der Waals surface area contributed by atoms with Crippen LogP contribution >= 0.6 is 0 Å². The fourth-order valence-corrected chi connectivity index (χ4v) is 3.68. The zero-order chi connectivity index (χ0) is 19.2. The summed E-state index contributed by atoms with van der Waals surface area (Å²) in [4.78, 5) is 13.7. The maximum Gasteiger partial charge on any atom is 0.279 e. The van der Waals surface area contributed by atoms with Crippen LogP contribution in [0.2, 0.25) is 0 Å². The van der Waals surface area contributed by atoms with Gasteiger partial charge in [0.2, 0.25) is 0 Å². The lowest BCUT2D eigenvalue weighted by Crippen LogP contribution is -3.11. The Hall–Kier alpha value is -3.04. The van der Waals surface area contributed by atoms with Crippen molar-refractivity contribution in [2.75, 3.05) is 32.6 Å². The highest BCUT2D eigenvalue weighted by molar-refractivity contribution is 5.91. The number of nitrogens with zero attached hydrogens (tertiary/aromatic N) is 1. The van der Waals surface area contributed by atoms with Gasteiger partial charge in [-0.25, -0.2) is 0 Å². The smallest absolute Gasteiger partial charge is 0.279 e. The molecule has 0 spiro atoms. The lowest BCUT2D eigenvalue weighted by atomic mass is 10.0. The maximum absolute atomic E-state index is 12.5. The molecule has 1 heterocycles. The summed E-state index contributed by atoms with van der Waals surface area (Å²) in [6.45, 7) is 1.31. The van der Waals surface area contributed by atoms with Crippen LogP contribution in [0, 0.1) is 11.3 Å². The van der Waals surface area contributed by atoms with Crippen LogP contribution in [0.3, 0.4) is 0 Å². The van der Waals surface area contributed by atoms with E-state index in [1.165, 1.54) is 4.90 Å². The summed E-state index contributed by atoms with van der Waals surface area (Å²) < 4.78 is 10.8. The van der Waals surface area contributed by atoms with E-state index in [1.807, 2.05) is 18.2 Å². The molecule has 0 aliphatic carbocycles. The Morgan fingerprint density at radius 2 is 2.11 bits per heavy atom. The molecule has 6 nitrogen and oxygen atoms in total. The molecule has 2 N–H and O–H groups in total. The highest BCUT2D eigenvalue weighted by atomic mass is 16.5. The van der Waals surface area contributed by atoms with Crippen molar-refractivity contribution < 1.29 is 19.2 Å². The molecule has 1 fully saturated rings. The Morgan fingerprint density at radius 3 is 2.85 bits per heavy atom. The normalized spacial score (nSPS) is 18.6. The number of amides is 1. The monoisotopic (exact) mass is 366 g/mol. The third kappa shape index (κ3) is 4.39. The molecule has 140 valence electrons. The Labute approximate surface area is 159 Å². The Morgan fingerprint density at radius 1 is 1.26 bits per heavy atom. The molecule has 1 unspecified atom stereocenters. The first kappa shape index (κ1) is 18.7. The van der Waals surface area contributed by atoms with Crippen LogP contribution in [0.5, 0.6) is 11.5 Å². The molecule has 1 aliphatic rings. The second kappa shape index (κ2) is 8.56. The maximum atomic E-state index is 12.5. The number of hydrogen-bond acceptors (Lipinski definition) is 4. The van der Waals surface area contributed by atoms with Gasteiger partial charge in [0, 0.05) is 24.6 Å². The fourth-order valence-electron chi connectivity index (χ4n) is 3.68. The van der Waals surface area contributed by atoms with Gasteiger partial charge < -0.3 is 19.7 Å². The van der Waals surface area contributed by atoms with Gasteiger partial charge >= 0.3 is 0 Å². The van der Waals surface area contributed by atoms with Crippen molar-refractivity contribution in [2.45, 2.75) is 18.9 Å². The molecule has 0 saturated carbocycles. The summed E-state index contributed by atoms with van der Waals surface area (Å²) in [5.41, 5.74) is 2.28. The lowest BCUT2D eigenvalue weighted by Gasteiger charge is -2.23. The average Bonchev–Trinajstić information content (AvgIpc) is 3.15. The molecule has 0 aromatic heterocycles. The molecule has 27 heavy (non-hydrogen) atoms. The number of ether oxygens (including phenoxy) is 2. The quantitative estimate of drug-likeness (QED) is 0.819. The number of quaternary nitrogens is 1. The van der Waals surface area contributed by atoms with Crippen molar-refractivity contribution >= 4 is 11.6 Å². The van der Waals surface area contributed by atoms with Crippen molar-refractivity contribution in [3.63, 3.8) is 0 Å². The zero-order valence-electron chi connectivity index (χ0n) is 15.6. The van der Waals surface area contributed by atoms with E-state index in [1.54, 1.807) is 38.5 Å². The van der Waals surface area contributed by atoms with Crippen LogP contribution in [0.1, 0.15) is 30.0 Å². The highest BCUT2D eigenvalue weighted by Gasteiger charge is 2.33. The van der Waals surface area contributed by atoms with E-state index >= 15 is 0 Å². The minimum Gasteiger partial charge on any atom is -0.497 e. The van der Waals surface area contributed by atoms with Gasteiger partial charge in [0.15, 0.2) is 6.54 Å². The van der Waals surface area contributed by atoms with Crippen molar-refractivity contribution in [1.82, 2.24) is 0 Å². The molecule has 0 radical (unpaired) electrons. The minimum absolute atomic E-state index is 0.0560. The number of methoxy groups -OCH3 is 2. The number of likely N-dealkylation sites (tertiary alicyclic amines) is 1. The van der Waals surface area contributed by atoms with Gasteiger partial charge in [-0.1, -0.05) is 6.07 Å². The summed E-state index contributed by atoms with van der Waals surface area (Å²) in [5, 5.41) is 11.9. The first-order valence-electron chi connectivity index (χ1n) is 9.01. The number of nitriles is 1. The van der Waals surface area contributed by atoms with Crippen molar-refractivity contribution in [2.24, 2.45) is 0 Å².